The Morgan fingerprint density at radius 3 is 2.50 bits per heavy atom. The Balaban J connectivity index is 1.43. The summed E-state index contributed by atoms with van der Waals surface area (Å²) in [5.41, 5.74) is 0.733. The number of nitrogens with zero attached hydrogens (tertiary/aromatic N) is 2. The molecule has 0 aromatic heterocycles. The standard InChI is InChI=1S/C20H29N3O4S/c1-14-5-2-3-7-19(14)28(26,27)22-10-4-6-15(13-22)21-20(25)23-16-8-9-17(23)12-18(24)11-16/h2-3,5,7,15-18,24H,4,6,8-13H2,1H3,(H,21,25)/t15-,16?,17?,18?/m0/s1. The summed E-state index contributed by atoms with van der Waals surface area (Å²) >= 11 is 0. The minimum Gasteiger partial charge on any atom is -0.393 e. The predicted molar refractivity (Wildman–Crippen MR) is 105 cm³/mol. The Labute approximate surface area is 166 Å². The number of sulfonamides is 1. The monoisotopic (exact) mass is 407 g/mol. The fraction of sp³-hybridized carbons (Fsp3) is 0.650. The van der Waals surface area contributed by atoms with Gasteiger partial charge in [0.1, 0.15) is 0 Å². The maximum absolute atomic E-state index is 13.1. The van der Waals surface area contributed by atoms with Gasteiger partial charge in [-0.05, 0) is 57.1 Å². The number of benzene rings is 1. The van der Waals surface area contributed by atoms with E-state index in [2.05, 4.69) is 5.32 Å². The number of aliphatic hydroxyl groups is 1. The lowest BCUT2D eigenvalue weighted by molar-refractivity contribution is 0.0528. The first-order valence-corrected chi connectivity index (χ1v) is 11.6. The van der Waals surface area contributed by atoms with Crippen molar-refractivity contribution < 1.29 is 18.3 Å². The maximum Gasteiger partial charge on any atom is 0.318 e. The molecule has 0 radical (unpaired) electrons. The van der Waals surface area contributed by atoms with Crippen LogP contribution in [0.15, 0.2) is 29.2 Å². The lowest BCUT2D eigenvalue weighted by atomic mass is 10.0. The normalized spacial score (nSPS) is 31.0. The molecule has 3 fully saturated rings. The van der Waals surface area contributed by atoms with Gasteiger partial charge in [0.05, 0.1) is 11.0 Å². The summed E-state index contributed by atoms with van der Waals surface area (Å²) in [5, 5.41) is 13.0. The Morgan fingerprint density at radius 1 is 1.14 bits per heavy atom. The Kier molecular flexibility index (Phi) is 5.37. The zero-order valence-corrected chi connectivity index (χ0v) is 17.1. The topological polar surface area (TPSA) is 90.0 Å². The van der Waals surface area contributed by atoms with Gasteiger partial charge in [0.2, 0.25) is 10.0 Å². The smallest absolute Gasteiger partial charge is 0.318 e. The van der Waals surface area contributed by atoms with Crippen LogP contribution in [-0.4, -0.2) is 66.1 Å². The van der Waals surface area contributed by atoms with Gasteiger partial charge in [-0.25, -0.2) is 13.2 Å². The molecule has 0 saturated carbocycles. The lowest BCUT2D eigenvalue weighted by Gasteiger charge is -2.39. The molecule has 1 aromatic carbocycles. The van der Waals surface area contributed by atoms with Gasteiger partial charge in [-0.3, -0.25) is 0 Å². The van der Waals surface area contributed by atoms with Gasteiger partial charge in [-0.15, -0.1) is 0 Å². The number of hydrogen-bond donors (Lipinski definition) is 2. The molecular formula is C20H29N3O4S. The van der Waals surface area contributed by atoms with Crippen molar-refractivity contribution in [3.63, 3.8) is 0 Å². The SMILES string of the molecule is Cc1ccccc1S(=O)(=O)N1CCC[C@H](NC(=O)N2C3CCC2CC(O)C3)C1. The molecule has 3 atom stereocenters. The van der Waals surface area contributed by atoms with Gasteiger partial charge >= 0.3 is 6.03 Å². The molecule has 2 amide bonds. The second kappa shape index (κ2) is 7.65. The molecule has 3 heterocycles. The highest BCUT2D eigenvalue weighted by Gasteiger charge is 2.43. The molecule has 2 N–H and O–H groups in total. The van der Waals surface area contributed by atoms with Crippen molar-refractivity contribution in [2.45, 2.75) is 74.6 Å². The van der Waals surface area contributed by atoms with Crippen LogP contribution in [0, 0.1) is 6.92 Å². The number of piperidine rings is 2. The average molecular weight is 408 g/mol. The predicted octanol–water partition coefficient (Wildman–Crippen LogP) is 1.85. The molecule has 3 saturated heterocycles. The Hall–Kier alpha value is -1.64. The minimum absolute atomic E-state index is 0.101. The van der Waals surface area contributed by atoms with E-state index in [1.54, 1.807) is 25.1 Å². The Bertz CT molecular complexity index is 830. The number of amides is 2. The molecule has 0 aliphatic carbocycles. The highest BCUT2D eigenvalue weighted by atomic mass is 32.2. The lowest BCUT2D eigenvalue weighted by Crippen LogP contribution is -2.57. The molecule has 4 rings (SSSR count). The summed E-state index contributed by atoms with van der Waals surface area (Å²) in [4.78, 5) is 15.1. The van der Waals surface area contributed by atoms with Crippen molar-refractivity contribution in [2.75, 3.05) is 13.1 Å². The number of rotatable bonds is 3. The second-order valence-electron chi connectivity index (χ2n) is 8.33. The van der Waals surface area contributed by atoms with E-state index < -0.39 is 10.0 Å². The van der Waals surface area contributed by atoms with Crippen molar-refractivity contribution in [3.8, 4) is 0 Å². The quantitative estimate of drug-likeness (QED) is 0.800. The van der Waals surface area contributed by atoms with Gasteiger partial charge < -0.3 is 15.3 Å². The van der Waals surface area contributed by atoms with E-state index in [0.29, 0.717) is 30.8 Å². The fourth-order valence-corrected chi connectivity index (χ4v) is 6.74. The molecular weight excluding hydrogens is 378 g/mol. The molecule has 28 heavy (non-hydrogen) atoms. The van der Waals surface area contributed by atoms with Crippen LogP contribution in [0.3, 0.4) is 0 Å². The van der Waals surface area contributed by atoms with Crippen molar-refractivity contribution in [3.05, 3.63) is 29.8 Å². The van der Waals surface area contributed by atoms with Gasteiger partial charge in [-0.2, -0.15) is 4.31 Å². The third kappa shape index (κ3) is 3.65. The molecule has 2 bridgehead atoms. The molecule has 8 heteroatoms. The van der Waals surface area contributed by atoms with Gasteiger partial charge in [0, 0.05) is 31.2 Å². The highest BCUT2D eigenvalue weighted by molar-refractivity contribution is 7.89. The van der Waals surface area contributed by atoms with Crippen molar-refractivity contribution in [1.82, 2.24) is 14.5 Å². The number of aryl methyl sites for hydroxylation is 1. The number of nitrogens with one attached hydrogen (secondary N) is 1. The number of carbonyl (C=O) groups excluding carboxylic acids is 1. The highest BCUT2D eigenvalue weighted by Crippen LogP contribution is 2.35. The van der Waals surface area contributed by atoms with Crippen LogP contribution < -0.4 is 5.32 Å². The summed E-state index contributed by atoms with van der Waals surface area (Å²) in [7, 11) is -3.57. The minimum atomic E-state index is -3.57. The molecule has 0 spiro atoms. The number of fused-ring (bicyclic) bond motifs is 2. The van der Waals surface area contributed by atoms with E-state index in [-0.39, 0.29) is 30.3 Å². The van der Waals surface area contributed by atoms with Crippen molar-refractivity contribution in [2.24, 2.45) is 0 Å². The molecule has 1 aromatic rings. The zero-order valence-electron chi connectivity index (χ0n) is 16.3. The number of urea groups is 1. The summed E-state index contributed by atoms with van der Waals surface area (Å²) in [6.45, 7) is 2.58. The fourth-order valence-electron chi connectivity index (χ4n) is 4.99. The average Bonchev–Trinajstić information content (AvgIpc) is 2.94. The van der Waals surface area contributed by atoms with E-state index in [9.17, 15) is 18.3 Å². The molecule has 7 nitrogen and oxygen atoms in total. The molecule has 154 valence electrons. The summed E-state index contributed by atoms with van der Waals surface area (Å²) < 4.78 is 27.6. The molecule has 3 aliphatic rings. The van der Waals surface area contributed by atoms with Gasteiger partial charge in [0.15, 0.2) is 0 Å². The summed E-state index contributed by atoms with van der Waals surface area (Å²) in [5.74, 6) is 0. The number of carbonyl (C=O) groups is 1. The first-order valence-electron chi connectivity index (χ1n) is 10.2. The van der Waals surface area contributed by atoms with Crippen LogP contribution >= 0.6 is 0 Å². The maximum atomic E-state index is 13.1. The van der Waals surface area contributed by atoms with Crippen LogP contribution in [0.2, 0.25) is 0 Å². The van der Waals surface area contributed by atoms with Crippen LogP contribution in [0.4, 0.5) is 4.79 Å². The van der Waals surface area contributed by atoms with Gasteiger partial charge in [0.25, 0.3) is 0 Å². The van der Waals surface area contributed by atoms with Crippen molar-refractivity contribution in [1.29, 1.82) is 0 Å². The van der Waals surface area contributed by atoms with E-state index in [4.69, 9.17) is 0 Å². The van der Waals surface area contributed by atoms with E-state index in [1.165, 1.54) is 4.31 Å². The van der Waals surface area contributed by atoms with Crippen LogP contribution in [0.5, 0.6) is 0 Å². The first kappa shape index (κ1) is 19.7. The van der Waals surface area contributed by atoms with Gasteiger partial charge in [-0.1, -0.05) is 18.2 Å². The summed E-state index contributed by atoms with van der Waals surface area (Å²) in [6.07, 6.45) is 4.34. The summed E-state index contributed by atoms with van der Waals surface area (Å²) in [6, 6.07) is 6.92. The molecule has 2 unspecified atom stereocenters. The van der Waals surface area contributed by atoms with Crippen LogP contribution in [-0.2, 0) is 10.0 Å². The van der Waals surface area contributed by atoms with Crippen LogP contribution in [0.1, 0.15) is 44.1 Å². The zero-order chi connectivity index (χ0) is 19.9. The van der Waals surface area contributed by atoms with E-state index in [1.807, 2.05) is 11.0 Å². The Morgan fingerprint density at radius 2 is 1.82 bits per heavy atom. The van der Waals surface area contributed by atoms with E-state index >= 15 is 0 Å². The third-order valence-electron chi connectivity index (χ3n) is 6.37. The first-order chi connectivity index (χ1) is 13.4. The third-order valence-corrected chi connectivity index (χ3v) is 8.39. The second-order valence-corrected chi connectivity index (χ2v) is 10.2. The van der Waals surface area contributed by atoms with E-state index in [0.717, 1.165) is 31.2 Å². The van der Waals surface area contributed by atoms with Crippen molar-refractivity contribution >= 4 is 16.1 Å². The largest absolute Gasteiger partial charge is 0.393 e. The van der Waals surface area contributed by atoms with Crippen LogP contribution in [0.25, 0.3) is 0 Å². The molecule has 3 aliphatic heterocycles. The number of hydrogen-bond acceptors (Lipinski definition) is 4. The number of aliphatic hydroxyl groups excluding tert-OH is 1.